The molecule has 0 unspecified atom stereocenters. The molecule has 3 nitrogen and oxygen atoms in total. The maximum atomic E-state index is 13.9. The molecule has 0 aromatic heterocycles. The molecule has 7 heteroatoms. The predicted octanol–water partition coefficient (Wildman–Crippen LogP) is 4.21. The number of hydrogen-bond acceptors (Lipinski definition) is 2. The Balaban J connectivity index is 2.27. The van der Waals surface area contributed by atoms with Gasteiger partial charge < -0.3 is 0 Å². The van der Waals surface area contributed by atoms with Crippen LogP contribution in [0.2, 0.25) is 0 Å². The molecular formula is C14H18Br2FNO2S. The molecule has 1 aromatic rings. The highest BCUT2D eigenvalue weighted by molar-refractivity contribution is 9.10. The first-order chi connectivity index (χ1) is 9.78. The van der Waals surface area contributed by atoms with Gasteiger partial charge in [-0.3, -0.25) is 0 Å². The second-order valence-corrected chi connectivity index (χ2v) is 8.90. The van der Waals surface area contributed by atoms with E-state index >= 15 is 0 Å². The van der Waals surface area contributed by atoms with E-state index < -0.39 is 21.4 Å². The van der Waals surface area contributed by atoms with E-state index in [2.05, 4.69) is 43.5 Å². The van der Waals surface area contributed by atoms with Crippen LogP contribution in [0.1, 0.15) is 32.6 Å². The summed E-state index contributed by atoms with van der Waals surface area (Å²) in [7, 11) is -3.87. The minimum absolute atomic E-state index is 0.301. The fourth-order valence-electron chi connectivity index (χ4n) is 2.61. The van der Waals surface area contributed by atoms with Crippen molar-refractivity contribution in [2.75, 3.05) is 5.33 Å². The van der Waals surface area contributed by atoms with Crippen LogP contribution in [0.5, 0.6) is 0 Å². The normalized spacial score (nSPS) is 26.8. The monoisotopic (exact) mass is 441 g/mol. The molecule has 1 fully saturated rings. The molecule has 1 saturated carbocycles. The molecule has 1 N–H and O–H groups in total. The Morgan fingerprint density at radius 2 is 2.00 bits per heavy atom. The molecule has 0 saturated heterocycles. The fraction of sp³-hybridized carbons (Fsp3) is 0.571. The van der Waals surface area contributed by atoms with Gasteiger partial charge >= 0.3 is 0 Å². The van der Waals surface area contributed by atoms with Crippen LogP contribution >= 0.6 is 31.9 Å². The summed E-state index contributed by atoms with van der Waals surface area (Å²) in [6, 6.07) is 3.98. The Bertz CT molecular complexity index is 613. The van der Waals surface area contributed by atoms with Gasteiger partial charge in [-0.25, -0.2) is 17.5 Å². The zero-order valence-corrected chi connectivity index (χ0v) is 15.7. The van der Waals surface area contributed by atoms with Crippen LogP contribution in [0.3, 0.4) is 0 Å². The smallest absolute Gasteiger partial charge is 0.207 e. The molecule has 0 atom stereocenters. The molecule has 1 aliphatic carbocycles. The maximum Gasteiger partial charge on any atom is 0.244 e. The van der Waals surface area contributed by atoms with E-state index in [9.17, 15) is 12.8 Å². The van der Waals surface area contributed by atoms with E-state index in [1.165, 1.54) is 12.1 Å². The van der Waals surface area contributed by atoms with Crippen molar-refractivity contribution < 1.29 is 12.8 Å². The molecule has 0 aliphatic heterocycles. The molecule has 0 radical (unpaired) electrons. The SMILES string of the molecule is CC1CCC(CBr)(NS(=O)(=O)c2ccc(Br)cc2F)CC1. The molecule has 0 heterocycles. The summed E-state index contributed by atoms with van der Waals surface area (Å²) in [5, 5.41) is 0.532. The molecule has 0 spiro atoms. The van der Waals surface area contributed by atoms with Crippen LogP contribution < -0.4 is 4.72 Å². The molecule has 0 bridgehead atoms. The summed E-state index contributed by atoms with van der Waals surface area (Å²) in [5.74, 6) is -0.142. The lowest BCUT2D eigenvalue weighted by Gasteiger charge is -2.38. The van der Waals surface area contributed by atoms with Crippen molar-refractivity contribution in [3.63, 3.8) is 0 Å². The fourth-order valence-corrected chi connectivity index (χ4v) is 5.35. The number of hydrogen-bond donors (Lipinski definition) is 1. The Hall–Kier alpha value is 0.0200. The van der Waals surface area contributed by atoms with E-state index in [1.54, 1.807) is 0 Å². The summed E-state index contributed by atoms with van der Waals surface area (Å²) >= 11 is 6.54. The Labute approximate surface area is 142 Å². The molecule has 21 heavy (non-hydrogen) atoms. The lowest BCUT2D eigenvalue weighted by atomic mass is 9.79. The van der Waals surface area contributed by atoms with E-state index in [1.807, 2.05) is 0 Å². The van der Waals surface area contributed by atoms with Crippen molar-refractivity contribution >= 4 is 41.9 Å². The summed E-state index contributed by atoms with van der Waals surface area (Å²) in [5.41, 5.74) is -0.523. The third kappa shape index (κ3) is 4.06. The topological polar surface area (TPSA) is 46.2 Å². The van der Waals surface area contributed by atoms with E-state index in [0.717, 1.165) is 31.7 Å². The first-order valence-electron chi connectivity index (χ1n) is 6.83. The third-order valence-electron chi connectivity index (χ3n) is 4.02. The minimum Gasteiger partial charge on any atom is -0.207 e. The van der Waals surface area contributed by atoms with Crippen LogP contribution in [-0.4, -0.2) is 19.3 Å². The van der Waals surface area contributed by atoms with Gasteiger partial charge in [-0.15, -0.1) is 0 Å². The van der Waals surface area contributed by atoms with Gasteiger partial charge in [0.25, 0.3) is 0 Å². The van der Waals surface area contributed by atoms with Crippen LogP contribution in [0.4, 0.5) is 4.39 Å². The van der Waals surface area contributed by atoms with Gasteiger partial charge in [-0.2, -0.15) is 0 Å². The van der Waals surface area contributed by atoms with Crippen molar-refractivity contribution in [3.05, 3.63) is 28.5 Å². The number of rotatable bonds is 4. The Morgan fingerprint density at radius 3 is 2.52 bits per heavy atom. The summed E-state index contributed by atoms with van der Waals surface area (Å²) < 4.78 is 42.2. The molecule has 1 aromatic carbocycles. The summed E-state index contributed by atoms with van der Waals surface area (Å²) in [6.45, 7) is 2.17. The first kappa shape index (κ1) is 17.4. The van der Waals surface area contributed by atoms with Gasteiger partial charge in [0.15, 0.2) is 0 Å². The number of benzene rings is 1. The highest BCUT2D eigenvalue weighted by Crippen LogP contribution is 2.34. The van der Waals surface area contributed by atoms with Gasteiger partial charge in [0.05, 0.1) is 0 Å². The summed E-state index contributed by atoms with van der Waals surface area (Å²) in [6.07, 6.45) is 3.46. The number of halogens is 3. The third-order valence-corrected chi connectivity index (χ3v) is 7.20. The number of nitrogens with one attached hydrogen (secondary N) is 1. The van der Waals surface area contributed by atoms with Crippen molar-refractivity contribution in [3.8, 4) is 0 Å². The standard InChI is InChI=1S/C14H18Br2FNO2S/c1-10-4-6-14(9-15,7-5-10)18-21(19,20)13-3-2-11(16)8-12(13)17/h2-3,8,10,18H,4-7,9H2,1H3. The van der Waals surface area contributed by atoms with Crippen LogP contribution in [0.25, 0.3) is 0 Å². The van der Waals surface area contributed by atoms with E-state index in [-0.39, 0.29) is 4.90 Å². The van der Waals surface area contributed by atoms with Gasteiger partial charge in [-0.1, -0.05) is 38.8 Å². The molecule has 1 aliphatic rings. The number of sulfonamides is 1. The lowest BCUT2D eigenvalue weighted by molar-refractivity contribution is 0.249. The van der Waals surface area contributed by atoms with Crippen LogP contribution in [0.15, 0.2) is 27.6 Å². The second-order valence-electron chi connectivity index (χ2n) is 5.78. The maximum absolute atomic E-state index is 13.9. The zero-order valence-electron chi connectivity index (χ0n) is 11.7. The Morgan fingerprint density at radius 1 is 1.38 bits per heavy atom. The average Bonchev–Trinajstić information content (AvgIpc) is 2.41. The van der Waals surface area contributed by atoms with Gasteiger partial charge in [-0.05, 0) is 49.8 Å². The number of alkyl halides is 1. The van der Waals surface area contributed by atoms with Crippen LogP contribution in [-0.2, 0) is 10.0 Å². The van der Waals surface area contributed by atoms with Crippen molar-refractivity contribution in [2.24, 2.45) is 5.92 Å². The molecule has 118 valence electrons. The van der Waals surface area contributed by atoms with Crippen LogP contribution in [0, 0.1) is 11.7 Å². The first-order valence-corrected chi connectivity index (χ1v) is 10.2. The predicted molar refractivity (Wildman–Crippen MR) is 88.6 cm³/mol. The highest BCUT2D eigenvalue weighted by Gasteiger charge is 2.38. The van der Waals surface area contributed by atoms with E-state index in [0.29, 0.717) is 15.7 Å². The zero-order chi connectivity index (χ0) is 15.7. The quantitative estimate of drug-likeness (QED) is 0.710. The van der Waals surface area contributed by atoms with Gasteiger partial charge in [0, 0.05) is 15.3 Å². The van der Waals surface area contributed by atoms with Crippen molar-refractivity contribution in [1.29, 1.82) is 0 Å². The Kier molecular flexibility index (Phi) is 5.50. The minimum atomic E-state index is -3.87. The highest BCUT2D eigenvalue weighted by atomic mass is 79.9. The van der Waals surface area contributed by atoms with Crippen molar-refractivity contribution in [2.45, 2.75) is 43.0 Å². The largest absolute Gasteiger partial charge is 0.244 e. The summed E-state index contributed by atoms with van der Waals surface area (Å²) in [4.78, 5) is -0.301. The second kappa shape index (κ2) is 6.64. The van der Waals surface area contributed by atoms with Gasteiger partial charge in [0.2, 0.25) is 10.0 Å². The van der Waals surface area contributed by atoms with Gasteiger partial charge in [0.1, 0.15) is 10.7 Å². The van der Waals surface area contributed by atoms with E-state index in [4.69, 9.17) is 0 Å². The lowest BCUT2D eigenvalue weighted by Crippen LogP contribution is -2.51. The molecule has 2 rings (SSSR count). The molecular weight excluding hydrogens is 425 g/mol. The average molecular weight is 443 g/mol. The van der Waals surface area contributed by atoms with Crippen molar-refractivity contribution in [1.82, 2.24) is 4.72 Å². The molecule has 0 amide bonds.